The van der Waals surface area contributed by atoms with Gasteiger partial charge < -0.3 is 19.9 Å². The van der Waals surface area contributed by atoms with Gasteiger partial charge in [-0.05, 0) is 30.5 Å². The second kappa shape index (κ2) is 10.2. The van der Waals surface area contributed by atoms with Crippen LogP contribution >= 0.6 is 11.3 Å². The molecule has 3 aromatic heterocycles. The second-order valence-electron chi connectivity index (χ2n) is 10.8. The van der Waals surface area contributed by atoms with Gasteiger partial charge in [-0.1, -0.05) is 0 Å². The molecule has 1 amide bonds. The number of rotatable bonds is 6. The van der Waals surface area contributed by atoms with Gasteiger partial charge in [0.2, 0.25) is 0 Å². The Morgan fingerprint density at radius 2 is 2.14 bits per heavy atom. The van der Waals surface area contributed by atoms with Crippen LogP contribution in [0, 0.1) is 23.0 Å². The number of hydrogen-bond acceptors (Lipinski definition) is 10. The summed E-state index contributed by atoms with van der Waals surface area (Å²) >= 11 is 0.720. The maximum Gasteiger partial charge on any atom is 0.409 e. The highest BCUT2D eigenvalue weighted by Crippen LogP contribution is 2.47. The van der Waals surface area contributed by atoms with E-state index >= 15 is 4.39 Å². The Balaban J connectivity index is 1.41. The Hall–Kier alpha value is -4.26. The third-order valence-electron chi connectivity index (χ3n) is 8.48. The van der Waals surface area contributed by atoms with Crippen LogP contribution in [0.5, 0.6) is 6.01 Å². The SMILES string of the molecule is CNc1nc(OC[C@@]23CCCN2C[C@H](F)C3)nc2c(F)c(-c3ncc(F)c4sc(NC(=O)O)c(C#N)c34)c3c(c12)COC3. The van der Waals surface area contributed by atoms with Crippen LogP contribution < -0.4 is 15.4 Å². The lowest BCUT2D eigenvalue weighted by molar-refractivity contribution is 0.107. The van der Waals surface area contributed by atoms with Crippen molar-refractivity contribution in [3.8, 4) is 23.3 Å². The molecule has 0 aliphatic carbocycles. The molecule has 0 saturated carbocycles. The number of hydrogen-bond donors (Lipinski definition) is 3. The molecule has 4 aromatic rings. The number of halogens is 3. The van der Waals surface area contributed by atoms with Crippen LogP contribution in [-0.2, 0) is 18.0 Å². The second-order valence-corrected chi connectivity index (χ2v) is 11.9. The smallest absolute Gasteiger partial charge is 0.409 e. The predicted molar refractivity (Wildman–Crippen MR) is 151 cm³/mol. The molecule has 15 heteroatoms. The minimum Gasteiger partial charge on any atom is -0.465 e. The molecule has 0 radical (unpaired) electrons. The Morgan fingerprint density at radius 3 is 2.91 bits per heavy atom. The number of pyridine rings is 1. The average molecular weight is 612 g/mol. The molecule has 2 saturated heterocycles. The Morgan fingerprint density at radius 1 is 1.33 bits per heavy atom. The van der Waals surface area contributed by atoms with Gasteiger partial charge in [0.1, 0.15) is 35.2 Å². The minimum atomic E-state index is -1.44. The summed E-state index contributed by atoms with van der Waals surface area (Å²) in [5, 5.41) is 24.5. The van der Waals surface area contributed by atoms with Crippen molar-refractivity contribution < 1.29 is 32.5 Å². The number of thiophene rings is 1. The standard InChI is InChI=1S/C28H24F3N7O4S/c1-33-24-19-15-10-41-9-14(15)17(21-18-13(6-32)25(37-27(39)40)43-23(18)16(30)7-34-21)20(31)22(19)35-26(36-24)42-11-28-3-2-4-38(28)8-12(29)5-28/h7,12,37H,2-5,8-11H2,1H3,(H,39,40)(H,33,35,36)/t12-,28+/m1/s1. The number of benzene rings is 1. The molecule has 1 aromatic carbocycles. The summed E-state index contributed by atoms with van der Waals surface area (Å²) in [4.78, 5) is 26.6. The average Bonchev–Trinajstić information content (AvgIpc) is 3.75. The number of nitrogens with zero attached hydrogens (tertiary/aromatic N) is 5. The number of aromatic nitrogens is 3. The molecule has 6 heterocycles. The number of nitriles is 1. The van der Waals surface area contributed by atoms with Gasteiger partial charge in [0, 0.05) is 31.0 Å². The molecule has 0 bridgehead atoms. The summed E-state index contributed by atoms with van der Waals surface area (Å²) < 4.78 is 57.7. The minimum absolute atomic E-state index is 0.00842. The number of fused-ring (bicyclic) bond motifs is 5. The molecule has 3 aliphatic heterocycles. The van der Waals surface area contributed by atoms with Crippen molar-refractivity contribution in [2.75, 3.05) is 37.4 Å². The fourth-order valence-electron chi connectivity index (χ4n) is 6.70. The Kier molecular flexibility index (Phi) is 6.53. The first-order valence-corrected chi connectivity index (χ1v) is 14.4. The van der Waals surface area contributed by atoms with Crippen LogP contribution in [0.25, 0.3) is 32.2 Å². The first kappa shape index (κ1) is 27.6. The fourth-order valence-corrected chi connectivity index (χ4v) is 7.75. The summed E-state index contributed by atoms with van der Waals surface area (Å²) in [6.07, 6.45) is 0.569. The van der Waals surface area contributed by atoms with Crippen LogP contribution in [0.4, 0.5) is 28.8 Å². The van der Waals surface area contributed by atoms with Gasteiger partial charge in [-0.15, -0.1) is 11.3 Å². The van der Waals surface area contributed by atoms with Crippen LogP contribution in [0.15, 0.2) is 6.20 Å². The number of ether oxygens (including phenoxy) is 2. The number of carbonyl (C=O) groups is 1. The van der Waals surface area contributed by atoms with Crippen LogP contribution in [-0.4, -0.2) is 69.5 Å². The van der Waals surface area contributed by atoms with Crippen LogP contribution in [0.3, 0.4) is 0 Å². The van der Waals surface area contributed by atoms with Crippen LogP contribution in [0.1, 0.15) is 36.0 Å². The number of amides is 1. The topological polar surface area (TPSA) is 146 Å². The molecule has 2 fully saturated rings. The van der Waals surface area contributed by atoms with Crippen molar-refractivity contribution in [3.05, 3.63) is 34.5 Å². The summed E-state index contributed by atoms with van der Waals surface area (Å²) in [6, 6.07) is 1.82. The van der Waals surface area contributed by atoms with Crippen molar-refractivity contribution in [2.24, 2.45) is 0 Å². The van der Waals surface area contributed by atoms with Crippen molar-refractivity contribution in [1.82, 2.24) is 19.9 Å². The third-order valence-corrected chi connectivity index (χ3v) is 9.60. The van der Waals surface area contributed by atoms with E-state index in [1.807, 2.05) is 6.07 Å². The summed E-state index contributed by atoms with van der Waals surface area (Å²) in [5.41, 5.74) is 0.202. The molecule has 11 nitrogen and oxygen atoms in total. The normalized spacial score (nSPS) is 21.2. The quantitative estimate of drug-likeness (QED) is 0.267. The Labute approximate surface area is 246 Å². The van der Waals surface area contributed by atoms with E-state index in [4.69, 9.17) is 9.47 Å². The van der Waals surface area contributed by atoms with E-state index in [1.54, 1.807) is 7.05 Å². The first-order chi connectivity index (χ1) is 20.7. The molecular formula is C28H24F3N7O4S. The lowest BCUT2D eigenvalue weighted by Crippen LogP contribution is -2.43. The lowest BCUT2D eigenvalue weighted by Gasteiger charge is -2.30. The summed E-state index contributed by atoms with van der Waals surface area (Å²) in [6.45, 7) is 1.39. The molecule has 43 heavy (non-hydrogen) atoms. The maximum absolute atomic E-state index is 16.8. The fraction of sp³-hybridized carbons (Fsp3) is 0.393. The van der Waals surface area contributed by atoms with Gasteiger partial charge in [0.25, 0.3) is 0 Å². The van der Waals surface area contributed by atoms with Gasteiger partial charge >= 0.3 is 12.1 Å². The molecular weight excluding hydrogens is 587 g/mol. The lowest BCUT2D eigenvalue weighted by atomic mass is 9.93. The summed E-state index contributed by atoms with van der Waals surface area (Å²) in [7, 11) is 1.63. The van der Waals surface area contributed by atoms with Crippen molar-refractivity contribution >= 4 is 49.2 Å². The van der Waals surface area contributed by atoms with Crippen molar-refractivity contribution in [2.45, 2.75) is 44.2 Å². The zero-order valence-electron chi connectivity index (χ0n) is 22.8. The predicted octanol–water partition coefficient (Wildman–Crippen LogP) is 5.17. The van der Waals surface area contributed by atoms with Gasteiger partial charge in [-0.3, -0.25) is 15.2 Å². The van der Waals surface area contributed by atoms with E-state index < -0.39 is 29.4 Å². The molecule has 3 N–H and O–H groups in total. The summed E-state index contributed by atoms with van der Waals surface area (Å²) in [5.74, 6) is -1.29. The van der Waals surface area contributed by atoms with E-state index in [0.29, 0.717) is 35.3 Å². The highest BCUT2D eigenvalue weighted by molar-refractivity contribution is 7.23. The van der Waals surface area contributed by atoms with Gasteiger partial charge in [0.15, 0.2) is 11.6 Å². The number of alkyl halides is 1. The van der Waals surface area contributed by atoms with Crippen LogP contribution in [0.2, 0.25) is 0 Å². The van der Waals surface area contributed by atoms with Crippen molar-refractivity contribution in [3.63, 3.8) is 0 Å². The van der Waals surface area contributed by atoms with E-state index in [9.17, 15) is 23.9 Å². The molecule has 7 rings (SSSR count). The van der Waals surface area contributed by atoms with E-state index in [0.717, 1.165) is 36.9 Å². The monoisotopic (exact) mass is 611 g/mol. The van der Waals surface area contributed by atoms with Gasteiger partial charge in [-0.25, -0.2) is 18.0 Å². The third kappa shape index (κ3) is 4.23. The molecule has 0 spiro atoms. The van der Waals surface area contributed by atoms with E-state index in [-0.39, 0.29) is 63.3 Å². The van der Waals surface area contributed by atoms with E-state index in [2.05, 4.69) is 30.5 Å². The Bertz CT molecular complexity index is 1880. The molecule has 222 valence electrons. The maximum atomic E-state index is 16.8. The van der Waals surface area contributed by atoms with Gasteiger partial charge in [0.05, 0.1) is 46.3 Å². The zero-order chi connectivity index (χ0) is 30.0. The zero-order valence-corrected chi connectivity index (χ0v) is 23.6. The highest BCUT2D eigenvalue weighted by atomic mass is 32.1. The molecule has 3 aliphatic rings. The largest absolute Gasteiger partial charge is 0.465 e. The number of anilines is 2. The van der Waals surface area contributed by atoms with Crippen molar-refractivity contribution in [1.29, 1.82) is 5.26 Å². The number of nitrogens with one attached hydrogen (secondary N) is 2. The number of carboxylic acid groups (broad SMARTS) is 1. The highest BCUT2D eigenvalue weighted by Gasteiger charge is 2.49. The first-order valence-electron chi connectivity index (χ1n) is 13.6. The molecule has 0 unspecified atom stereocenters. The van der Waals surface area contributed by atoms with Gasteiger partial charge in [-0.2, -0.15) is 15.2 Å². The molecule has 2 atom stereocenters. The van der Waals surface area contributed by atoms with E-state index in [1.165, 1.54) is 0 Å².